The predicted molar refractivity (Wildman–Crippen MR) is 109 cm³/mol. The van der Waals surface area contributed by atoms with Crippen molar-refractivity contribution in [2.75, 3.05) is 13.3 Å². The summed E-state index contributed by atoms with van der Waals surface area (Å²) in [6, 6.07) is 14.5. The molecule has 0 aromatic heterocycles. The molecule has 0 bridgehead atoms. The van der Waals surface area contributed by atoms with Crippen molar-refractivity contribution in [3.8, 4) is 0 Å². The molecule has 0 fully saturated rings. The standard InChI is InChI=1S/C19H22BrN3O2S/c1-23(12-13-6-8-16(26-2)9-7-13)18(24)11-17(22-19(21)25)14-4-3-5-15(20)10-14/h3-10,17H,11-12H2,1-2H3,(H3,21,22,25)/t17-/m1/s1. The van der Waals surface area contributed by atoms with Crippen LogP contribution in [0.5, 0.6) is 0 Å². The number of benzene rings is 2. The van der Waals surface area contributed by atoms with E-state index in [4.69, 9.17) is 5.73 Å². The third-order valence-corrected chi connectivity index (χ3v) is 5.19. The molecule has 0 aliphatic carbocycles. The number of urea groups is 1. The zero-order valence-electron chi connectivity index (χ0n) is 14.7. The van der Waals surface area contributed by atoms with Crippen LogP contribution in [0.25, 0.3) is 0 Å². The first kappa shape index (κ1) is 20.3. The average molecular weight is 436 g/mol. The number of nitrogens with two attached hydrogens (primary N) is 1. The summed E-state index contributed by atoms with van der Waals surface area (Å²) in [5, 5.41) is 2.66. The number of nitrogens with zero attached hydrogens (tertiary/aromatic N) is 1. The molecule has 3 amide bonds. The topological polar surface area (TPSA) is 75.4 Å². The number of primary amides is 1. The molecule has 0 radical (unpaired) electrons. The van der Waals surface area contributed by atoms with Crippen molar-refractivity contribution in [1.29, 1.82) is 0 Å². The fourth-order valence-electron chi connectivity index (χ4n) is 2.57. The second kappa shape index (κ2) is 9.64. The highest BCUT2D eigenvalue weighted by molar-refractivity contribution is 9.10. The largest absolute Gasteiger partial charge is 0.352 e. The smallest absolute Gasteiger partial charge is 0.312 e. The average Bonchev–Trinajstić information content (AvgIpc) is 2.61. The van der Waals surface area contributed by atoms with Gasteiger partial charge in [0.05, 0.1) is 12.5 Å². The van der Waals surface area contributed by atoms with Gasteiger partial charge in [-0.05, 0) is 41.6 Å². The lowest BCUT2D eigenvalue weighted by molar-refractivity contribution is -0.130. The highest BCUT2D eigenvalue weighted by Crippen LogP contribution is 2.22. The Bertz CT molecular complexity index is 768. The van der Waals surface area contributed by atoms with Gasteiger partial charge in [0, 0.05) is 23.0 Å². The monoisotopic (exact) mass is 435 g/mol. The summed E-state index contributed by atoms with van der Waals surface area (Å²) in [6.45, 7) is 0.509. The van der Waals surface area contributed by atoms with Crippen LogP contribution in [0.3, 0.4) is 0 Å². The van der Waals surface area contributed by atoms with E-state index in [0.29, 0.717) is 6.54 Å². The normalized spacial score (nSPS) is 11.7. The van der Waals surface area contributed by atoms with E-state index >= 15 is 0 Å². The van der Waals surface area contributed by atoms with Crippen LogP contribution in [0.1, 0.15) is 23.6 Å². The van der Waals surface area contributed by atoms with Crippen molar-refractivity contribution in [3.63, 3.8) is 0 Å². The first-order valence-corrected chi connectivity index (χ1v) is 10.1. The fourth-order valence-corrected chi connectivity index (χ4v) is 3.40. The summed E-state index contributed by atoms with van der Waals surface area (Å²) in [5.74, 6) is -0.0716. The van der Waals surface area contributed by atoms with Crippen LogP contribution in [-0.2, 0) is 11.3 Å². The molecule has 0 unspecified atom stereocenters. The van der Waals surface area contributed by atoms with Crippen molar-refractivity contribution < 1.29 is 9.59 Å². The minimum atomic E-state index is -0.655. The molecule has 5 nitrogen and oxygen atoms in total. The number of hydrogen-bond acceptors (Lipinski definition) is 3. The van der Waals surface area contributed by atoms with Gasteiger partial charge in [-0.25, -0.2) is 4.79 Å². The van der Waals surface area contributed by atoms with E-state index in [0.717, 1.165) is 15.6 Å². The zero-order valence-corrected chi connectivity index (χ0v) is 17.1. The Hall–Kier alpha value is -1.99. The maximum atomic E-state index is 12.6. The Morgan fingerprint density at radius 2 is 1.92 bits per heavy atom. The minimum Gasteiger partial charge on any atom is -0.352 e. The van der Waals surface area contributed by atoms with E-state index in [-0.39, 0.29) is 12.3 Å². The number of amides is 3. The molecule has 0 saturated heterocycles. The highest BCUT2D eigenvalue weighted by atomic mass is 79.9. The molecular formula is C19H22BrN3O2S. The fraction of sp³-hybridized carbons (Fsp3) is 0.263. The summed E-state index contributed by atoms with van der Waals surface area (Å²) in [4.78, 5) is 26.8. The first-order valence-electron chi connectivity index (χ1n) is 8.07. The summed E-state index contributed by atoms with van der Waals surface area (Å²) >= 11 is 5.09. The second-order valence-corrected chi connectivity index (χ2v) is 7.71. The Kier molecular flexibility index (Phi) is 7.53. The van der Waals surface area contributed by atoms with Gasteiger partial charge in [0.15, 0.2) is 0 Å². The number of rotatable bonds is 7. The number of halogens is 1. The van der Waals surface area contributed by atoms with Crippen LogP contribution in [0, 0.1) is 0 Å². The molecule has 26 heavy (non-hydrogen) atoms. The molecule has 0 saturated carbocycles. The van der Waals surface area contributed by atoms with Crippen LogP contribution in [0.15, 0.2) is 57.9 Å². The summed E-state index contributed by atoms with van der Waals surface area (Å²) in [7, 11) is 1.76. The lowest BCUT2D eigenvalue weighted by Gasteiger charge is -2.22. The predicted octanol–water partition coefficient (Wildman–Crippen LogP) is 3.93. The highest BCUT2D eigenvalue weighted by Gasteiger charge is 2.20. The van der Waals surface area contributed by atoms with Crippen molar-refractivity contribution in [3.05, 3.63) is 64.1 Å². The van der Waals surface area contributed by atoms with E-state index in [9.17, 15) is 9.59 Å². The number of thioether (sulfide) groups is 1. The maximum Gasteiger partial charge on any atom is 0.312 e. The lowest BCUT2D eigenvalue weighted by Crippen LogP contribution is -2.37. The molecule has 3 N–H and O–H groups in total. The number of hydrogen-bond donors (Lipinski definition) is 2. The molecule has 2 aromatic carbocycles. The molecule has 2 rings (SSSR count). The number of carbonyl (C=O) groups is 2. The minimum absolute atomic E-state index is 0.0716. The zero-order chi connectivity index (χ0) is 19.1. The molecule has 0 spiro atoms. The molecule has 7 heteroatoms. The van der Waals surface area contributed by atoms with E-state index in [2.05, 4.69) is 21.2 Å². The van der Waals surface area contributed by atoms with Gasteiger partial charge in [-0.2, -0.15) is 0 Å². The number of carbonyl (C=O) groups excluding carboxylic acids is 2. The maximum absolute atomic E-state index is 12.6. The Morgan fingerprint density at radius 3 is 2.50 bits per heavy atom. The van der Waals surface area contributed by atoms with Gasteiger partial charge in [0.2, 0.25) is 5.91 Å². The van der Waals surface area contributed by atoms with Crippen molar-refractivity contribution >= 4 is 39.6 Å². The Balaban J connectivity index is 2.06. The summed E-state index contributed by atoms with van der Waals surface area (Å²) < 4.78 is 0.876. The van der Waals surface area contributed by atoms with E-state index in [1.54, 1.807) is 23.7 Å². The molecule has 1 atom stereocenters. The SMILES string of the molecule is CSc1ccc(CN(C)C(=O)C[C@@H](NC(N)=O)c2cccc(Br)c2)cc1. The van der Waals surface area contributed by atoms with Crippen molar-refractivity contribution in [2.45, 2.75) is 23.9 Å². The van der Waals surface area contributed by atoms with E-state index in [1.807, 2.05) is 54.8 Å². The van der Waals surface area contributed by atoms with Gasteiger partial charge in [0.1, 0.15) is 0 Å². The van der Waals surface area contributed by atoms with Crippen LogP contribution < -0.4 is 11.1 Å². The van der Waals surface area contributed by atoms with E-state index in [1.165, 1.54) is 4.90 Å². The Morgan fingerprint density at radius 1 is 1.23 bits per heavy atom. The lowest BCUT2D eigenvalue weighted by atomic mass is 10.0. The molecular weight excluding hydrogens is 414 g/mol. The number of nitrogens with one attached hydrogen (secondary N) is 1. The van der Waals surface area contributed by atoms with Crippen molar-refractivity contribution in [1.82, 2.24) is 10.2 Å². The molecule has 138 valence electrons. The van der Waals surface area contributed by atoms with Crippen LogP contribution in [0.2, 0.25) is 0 Å². The second-order valence-electron chi connectivity index (χ2n) is 5.92. The third kappa shape index (κ3) is 6.07. The van der Waals surface area contributed by atoms with Crippen LogP contribution in [0.4, 0.5) is 4.79 Å². The molecule has 0 aliphatic rings. The van der Waals surface area contributed by atoms with Gasteiger partial charge >= 0.3 is 6.03 Å². The summed E-state index contributed by atoms with van der Waals surface area (Å²) in [5.41, 5.74) is 7.16. The first-order chi connectivity index (χ1) is 12.4. The molecule has 0 aliphatic heterocycles. The Labute approximate surface area is 166 Å². The molecule has 0 heterocycles. The third-order valence-electron chi connectivity index (χ3n) is 3.95. The van der Waals surface area contributed by atoms with Crippen molar-refractivity contribution in [2.24, 2.45) is 5.73 Å². The van der Waals surface area contributed by atoms with E-state index < -0.39 is 12.1 Å². The summed E-state index contributed by atoms with van der Waals surface area (Å²) in [6.07, 6.45) is 2.16. The van der Waals surface area contributed by atoms with Gasteiger partial charge < -0.3 is 16.0 Å². The van der Waals surface area contributed by atoms with Gasteiger partial charge in [-0.1, -0.05) is 40.2 Å². The van der Waals surface area contributed by atoms with Crippen LogP contribution >= 0.6 is 27.7 Å². The van der Waals surface area contributed by atoms with Crippen LogP contribution in [-0.4, -0.2) is 30.1 Å². The molecule has 2 aromatic rings. The van der Waals surface area contributed by atoms with Gasteiger partial charge in [-0.3, -0.25) is 4.79 Å². The van der Waals surface area contributed by atoms with Gasteiger partial charge in [0.25, 0.3) is 0 Å². The van der Waals surface area contributed by atoms with Gasteiger partial charge in [-0.15, -0.1) is 11.8 Å². The quantitative estimate of drug-likeness (QED) is 0.646.